The Bertz CT molecular complexity index is 272. The number of carboxylic acid groups (broad SMARTS) is 1. The van der Waals surface area contributed by atoms with Crippen molar-refractivity contribution in [1.82, 2.24) is 0 Å². The minimum Gasteiger partial charge on any atom is -0.481 e. The van der Waals surface area contributed by atoms with Gasteiger partial charge in [-0.05, 0) is 6.92 Å². The summed E-state index contributed by atoms with van der Waals surface area (Å²) in [5.74, 6) is -2.20. The molecule has 0 heterocycles. The molecule has 0 radical (unpaired) electrons. The molecule has 0 rings (SSSR count). The number of esters is 1. The molecule has 6 heteroatoms. The van der Waals surface area contributed by atoms with Gasteiger partial charge in [0.1, 0.15) is 6.54 Å². The number of carbonyl (C=O) groups excluding carboxylic acids is 1. The molecule has 0 aromatic rings. The van der Waals surface area contributed by atoms with Crippen LogP contribution in [0.2, 0.25) is 0 Å². The summed E-state index contributed by atoms with van der Waals surface area (Å²) in [6.45, 7) is 1.64. The number of hydrogen-bond donors (Lipinski definition) is 2. The van der Waals surface area contributed by atoms with Gasteiger partial charge >= 0.3 is 11.9 Å². The molecule has 0 aromatic heterocycles. The summed E-state index contributed by atoms with van der Waals surface area (Å²) in [5, 5.41) is 17.6. The van der Waals surface area contributed by atoms with Crippen LogP contribution < -0.4 is 0 Å². The SMILES string of the molecule is C[C@H](CO)C(=O)O[C@H](CC(=O)O)C[N+](C)(C)C. The van der Waals surface area contributed by atoms with E-state index in [1.54, 1.807) is 0 Å². The Labute approximate surface area is 101 Å². The van der Waals surface area contributed by atoms with E-state index in [2.05, 4.69) is 0 Å². The van der Waals surface area contributed by atoms with Gasteiger partial charge in [0.05, 0.1) is 40.1 Å². The van der Waals surface area contributed by atoms with E-state index in [-0.39, 0.29) is 13.0 Å². The van der Waals surface area contributed by atoms with Crippen molar-refractivity contribution < 1.29 is 29.0 Å². The lowest BCUT2D eigenvalue weighted by molar-refractivity contribution is -0.873. The zero-order valence-corrected chi connectivity index (χ0v) is 10.8. The topological polar surface area (TPSA) is 83.8 Å². The predicted molar refractivity (Wildman–Crippen MR) is 61.3 cm³/mol. The second-order valence-corrected chi connectivity index (χ2v) is 5.21. The lowest BCUT2D eigenvalue weighted by Crippen LogP contribution is -2.44. The van der Waals surface area contributed by atoms with Gasteiger partial charge in [-0.2, -0.15) is 0 Å². The molecule has 17 heavy (non-hydrogen) atoms. The average molecular weight is 248 g/mol. The Hall–Kier alpha value is -1.14. The minimum atomic E-state index is -1.01. The smallest absolute Gasteiger partial charge is 0.311 e. The number of nitrogens with zero attached hydrogens (tertiary/aromatic N) is 1. The third-order valence-electron chi connectivity index (χ3n) is 2.11. The molecule has 0 aromatic carbocycles. The van der Waals surface area contributed by atoms with Gasteiger partial charge in [0.15, 0.2) is 6.10 Å². The largest absolute Gasteiger partial charge is 0.481 e. The van der Waals surface area contributed by atoms with Gasteiger partial charge in [-0.25, -0.2) is 0 Å². The van der Waals surface area contributed by atoms with Gasteiger partial charge in [-0.15, -0.1) is 0 Å². The number of hydrogen-bond acceptors (Lipinski definition) is 4. The molecule has 0 saturated carbocycles. The summed E-state index contributed by atoms with van der Waals surface area (Å²) in [7, 11) is 5.66. The minimum absolute atomic E-state index is 0.223. The van der Waals surface area contributed by atoms with Crippen molar-refractivity contribution in [2.45, 2.75) is 19.4 Å². The van der Waals surface area contributed by atoms with E-state index < -0.39 is 24.0 Å². The molecule has 2 atom stereocenters. The standard InChI is InChI=1S/C11H21NO5/c1-8(7-13)11(16)17-9(5-10(14)15)6-12(2,3)4/h8-9,13H,5-7H2,1-4H3/p+1/t8-,9-/m1/s1. The summed E-state index contributed by atoms with van der Waals surface area (Å²) >= 11 is 0. The molecule has 0 saturated heterocycles. The van der Waals surface area contributed by atoms with Crippen LogP contribution in [-0.4, -0.2) is 67.0 Å². The van der Waals surface area contributed by atoms with Crippen molar-refractivity contribution in [3.8, 4) is 0 Å². The summed E-state index contributed by atoms with van der Waals surface area (Å²) in [5.41, 5.74) is 0. The van der Waals surface area contributed by atoms with Crippen molar-refractivity contribution in [2.75, 3.05) is 34.3 Å². The third kappa shape index (κ3) is 7.70. The molecular formula is C11H22NO5+. The number of carbonyl (C=O) groups is 2. The highest BCUT2D eigenvalue weighted by atomic mass is 16.5. The van der Waals surface area contributed by atoms with Crippen LogP contribution in [0.5, 0.6) is 0 Å². The van der Waals surface area contributed by atoms with Crippen molar-refractivity contribution in [3.63, 3.8) is 0 Å². The molecule has 100 valence electrons. The van der Waals surface area contributed by atoms with Crippen molar-refractivity contribution in [2.24, 2.45) is 5.92 Å². The fourth-order valence-electron chi connectivity index (χ4n) is 1.30. The van der Waals surface area contributed by atoms with Crippen molar-refractivity contribution in [1.29, 1.82) is 0 Å². The zero-order chi connectivity index (χ0) is 13.6. The van der Waals surface area contributed by atoms with E-state index >= 15 is 0 Å². The normalized spacial score (nSPS) is 15.1. The number of aliphatic carboxylic acids is 1. The van der Waals surface area contributed by atoms with Crippen LogP contribution in [0.3, 0.4) is 0 Å². The summed E-state index contributed by atoms with van der Waals surface area (Å²) in [6, 6.07) is 0. The molecule has 0 aliphatic heterocycles. The molecule has 0 bridgehead atoms. The molecule has 0 fully saturated rings. The number of likely N-dealkylation sites (N-methyl/N-ethyl adjacent to an activating group) is 1. The maximum Gasteiger partial charge on any atom is 0.311 e. The maximum atomic E-state index is 11.5. The first-order valence-electron chi connectivity index (χ1n) is 5.49. The maximum absolute atomic E-state index is 11.5. The molecular weight excluding hydrogens is 226 g/mol. The lowest BCUT2D eigenvalue weighted by atomic mass is 10.2. The van der Waals surface area contributed by atoms with Crippen LogP contribution in [0.4, 0.5) is 0 Å². The summed E-state index contributed by atoms with van der Waals surface area (Å²) < 4.78 is 5.59. The van der Waals surface area contributed by atoms with E-state index in [1.165, 1.54) is 6.92 Å². The van der Waals surface area contributed by atoms with Gasteiger partial charge < -0.3 is 19.4 Å². The van der Waals surface area contributed by atoms with Crippen LogP contribution in [0.25, 0.3) is 0 Å². The molecule has 6 nitrogen and oxygen atoms in total. The average Bonchev–Trinajstić information content (AvgIpc) is 2.12. The van der Waals surface area contributed by atoms with E-state index in [9.17, 15) is 9.59 Å². The van der Waals surface area contributed by atoms with Crippen LogP contribution >= 0.6 is 0 Å². The molecule has 0 unspecified atom stereocenters. The van der Waals surface area contributed by atoms with Gasteiger partial charge in [0.2, 0.25) is 0 Å². The first-order chi connectivity index (χ1) is 7.65. The Morgan fingerprint density at radius 1 is 1.29 bits per heavy atom. The highest BCUT2D eigenvalue weighted by Crippen LogP contribution is 2.08. The Morgan fingerprint density at radius 2 is 1.82 bits per heavy atom. The van der Waals surface area contributed by atoms with E-state index in [1.807, 2.05) is 21.1 Å². The first-order valence-corrected chi connectivity index (χ1v) is 5.49. The molecule has 0 aliphatic carbocycles. The van der Waals surface area contributed by atoms with Gasteiger partial charge in [-0.1, -0.05) is 0 Å². The van der Waals surface area contributed by atoms with Crippen molar-refractivity contribution >= 4 is 11.9 Å². The van der Waals surface area contributed by atoms with Gasteiger partial charge in [0, 0.05) is 0 Å². The Kier molecular flexibility index (Phi) is 6.12. The monoisotopic (exact) mass is 248 g/mol. The van der Waals surface area contributed by atoms with E-state index in [0.29, 0.717) is 11.0 Å². The predicted octanol–water partition coefficient (Wildman–Crippen LogP) is -0.292. The summed E-state index contributed by atoms with van der Waals surface area (Å²) in [6.07, 6.45) is -0.895. The highest BCUT2D eigenvalue weighted by molar-refractivity contribution is 5.73. The summed E-state index contributed by atoms with van der Waals surface area (Å²) in [4.78, 5) is 22.1. The van der Waals surface area contributed by atoms with Gasteiger partial charge in [-0.3, -0.25) is 9.59 Å². The second kappa shape index (κ2) is 6.56. The number of carboxylic acids is 1. The number of rotatable bonds is 7. The number of aliphatic hydroxyl groups is 1. The fraction of sp³-hybridized carbons (Fsp3) is 0.818. The van der Waals surface area contributed by atoms with Gasteiger partial charge in [0.25, 0.3) is 0 Å². The number of aliphatic hydroxyl groups excluding tert-OH is 1. The second-order valence-electron chi connectivity index (χ2n) is 5.21. The molecule has 0 aliphatic rings. The van der Waals surface area contributed by atoms with E-state index in [0.717, 1.165) is 0 Å². The lowest BCUT2D eigenvalue weighted by Gasteiger charge is -2.28. The van der Waals surface area contributed by atoms with Crippen LogP contribution in [-0.2, 0) is 14.3 Å². The Balaban J connectivity index is 4.48. The quantitative estimate of drug-likeness (QED) is 0.477. The fourth-order valence-corrected chi connectivity index (χ4v) is 1.30. The van der Waals surface area contributed by atoms with E-state index in [4.69, 9.17) is 14.9 Å². The Morgan fingerprint density at radius 3 is 2.18 bits per heavy atom. The first kappa shape index (κ1) is 15.9. The number of ether oxygens (including phenoxy) is 1. The number of quaternary nitrogens is 1. The third-order valence-corrected chi connectivity index (χ3v) is 2.11. The molecule has 2 N–H and O–H groups in total. The van der Waals surface area contributed by atoms with Crippen LogP contribution in [0.1, 0.15) is 13.3 Å². The highest BCUT2D eigenvalue weighted by Gasteiger charge is 2.26. The zero-order valence-electron chi connectivity index (χ0n) is 10.8. The van der Waals surface area contributed by atoms with Crippen LogP contribution in [0.15, 0.2) is 0 Å². The molecule has 0 spiro atoms. The van der Waals surface area contributed by atoms with Crippen molar-refractivity contribution in [3.05, 3.63) is 0 Å². The molecule has 0 amide bonds. The van der Waals surface area contributed by atoms with Crippen LogP contribution in [0, 0.1) is 5.92 Å².